The predicted molar refractivity (Wildman–Crippen MR) is 155 cm³/mol. The summed E-state index contributed by atoms with van der Waals surface area (Å²) in [6, 6.07) is 4.43. The lowest BCUT2D eigenvalue weighted by molar-refractivity contribution is -0.139. The second-order valence-corrected chi connectivity index (χ2v) is 11.4. The van der Waals surface area contributed by atoms with Crippen LogP contribution in [0.5, 0.6) is 0 Å². The predicted octanol–water partition coefficient (Wildman–Crippen LogP) is 3.32. The summed E-state index contributed by atoms with van der Waals surface area (Å²) in [4.78, 5) is 58.4. The van der Waals surface area contributed by atoms with E-state index in [9.17, 15) is 14.4 Å². The number of anilines is 2. The Hall–Kier alpha value is -4.52. The van der Waals surface area contributed by atoms with Crippen molar-refractivity contribution in [1.82, 2.24) is 34.6 Å². The Morgan fingerprint density at radius 1 is 1.17 bits per heavy atom. The molecule has 4 aromatic heterocycles. The van der Waals surface area contributed by atoms with Gasteiger partial charge < -0.3 is 16.0 Å². The van der Waals surface area contributed by atoms with Crippen LogP contribution in [0.25, 0.3) is 22.2 Å². The van der Waals surface area contributed by atoms with Gasteiger partial charge in [0.15, 0.2) is 5.78 Å². The molecule has 13 heteroatoms. The van der Waals surface area contributed by atoms with Gasteiger partial charge in [-0.25, -0.2) is 15.0 Å². The minimum absolute atomic E-state index is 0.139. The maximum Gasteiger partial charge on any atom is 0.248 e. The van der Waals surface area contributed by atoms with Crippen LogP contribution in [0.2, 0.25) is 0 Å². The Kier molecular flexibility index (Phi) is 6.40. The number of fused-ring (bicyclic) bond motifs is 2. The Balaban J connectivity index is 1.31. The first-order chi connectivity index (χ1) is 19.5. The molecule has 0 bridgehead atoms. The number of ketones is 1. The number of carbonyl (C=O) groups excluding carboxylic acids is 3. The van der Waals surface area contributed by atoms with Crippen molar-refractivity contribution in [3.63, 3.8) is 0 Å². The number of aromatic nitrogens is 6. The highest BCUT2D eigenvalue weighted by Crippen LogP contribution is 2.49. The summed E-state index contributed by atoms with van der Waals surface area (Å²) in [5.74, 6) is -0.280. The van der Waals surface area contributed by atoms with Gasteiger partial charge in [-0.3, -0.25) is 24.0 Å². The van der Waals surface area contributed by atoms with Gasteiger partial charge in [-0.15, -0.1) is 0 Å². The zero-order valence-corrected chi connectivity index (χ0v) is 24.1. The molecule has 0 spiro atoms. The molecule has 0 unspecified atom stereocenters. The number of amides is 2. The summed E-state index contributed by atoms with van der Waals surface area (Å²) in [6.07, 6.45) is 9.12. The molecule has 3 N–H and O–H groups in total. The van der Waals surface area contributed by atoms with Crippen molar-refractivity contribution in [2.75, 3.05) is 11.1 Å². The zero-order valence-electron chi connectivity index (χ0n) is 22.5. The molecule has 0 saturated carbocycles. The molecule has 1 aliphatic heterocycles. The normalized spacial score (nSPS) is 21.0. The number of pyridine rings is 2. The fourth-order valence-electron chi connectivity index (χ4n) is 5.49. The van der Waals surface area contributed by atoms with E-state index in [1.54, 1.807) is 35.6 Å². The highest BCUT2D eigenvalue weighted by molar-refractivity contribution is 9.10. The Bertz CT molecular complexity index is 1770. The standard InChI is InChI=1S/C28H26BrN9O3/c1-14-4-5-22(29)34-25(14)35-26(41)19-9-28(3)7-6-21(28)38(19)23(40)13-37-20-12-31-18(16-10-32-27(30)33-11-16)8-17(20)24(36-37)15(2)39/h4-8,10-12,19,21H,9,13H2,1-3H3,(H2,30,32,33)(H,34,35,41)/t19-,21+,28+/m0/s1. The maximum atomic E-state index is 13.9. The van der Waals surface area contributed by atoms with Crippen LogP contribution in [0.15, 0.2) is 53.5 Å². The molecule has 6 rings (SSSR count). The first-order valence-electron chi connectivity index (χ1n) is 12.9. The minimum atomic E-state index is -0.711. The van der Waals surface area contributed by atoms with Gasteiger partial charge >= 0.3 is 0 Å². The second kappa shape index (κ2) is 9.84. The third-order valence-electron chi connectivity index (χ3n) is 7.72. The molecule has 0 aromatic carbocycles. The fraction of sp³-hybridized carbons (Fsp3) is 0.286. The summed E-state index contributed by atoms with van der Waals surface area (Å²) < 4.78 is 2.07. The minimum Gasteiger partial charge on any atom is -0.368 e. The summed E-state index contributed by atoms with van der Waals surface area (Å²) in [5.41, 5.74) is 7.99. The molecule has 1 aliphatic carbocycles. The van der Waals surface area contributed by atoms with Gasteiger partial charge in [0.25, 0.3) is 0 Å². The molecule has 208 valence electrons. The number of nitrogens with two attached hydrogens (primary N) is 1. The largest absolute Gasteiger partial charge is 0.368 e. The van der Waals surface area contributed by atoms with Crippen molar-refractivity contribution < 1.29 is 14.4 Å². The van der Waals surface area contributed by atoms with Crippen LogP contribution < -0.4 is 11.1 Å². The first-order valence-corrected chi connectivity index (χ1v) is 13.7. The molecule has 3 atom stereocenters. The zero-order chi connectivity index (χ0) is 29.1. The Labute approximate surface area is 243 Å². The number of halogens is 1. The van der Waals surface area contributed by atoms with Crippen molar-refractivity contribution in [2.45, 2.75) is 45.8 Å². The van der Waals surface area contributed by atoms with Crippen molar-refractivity contribution in [3.8, 4) is 11.3 Å². The molecule has 1 fully saturated rings. The molecule has 2 aliphatic rings. The van der Waals surface area contributed by atoms with Crippen LogP contribution in [0.3, 0.4) is 0 Å². The average Bonchev–Trinajstić information content (AvgIpc) is 3.39. The third-order valence-corrected chi connectivity index (χ3v) is 8.16. The number of nitrogens with zero attached hydrogens (tertiary/aromatic N) is 7. The summed E-state index contributed by atoms with van der Waals surface area (Å²) in [6.45, 7) is 5.14. The molecule has 0 radical (unpaired) electrons. The van der Waals surface area contributed by atoms with Gasteiger partial charge in [0, 0.05) is 35.7 Å². The summed E-state index contributed by atoms with van der Waals surface area (Å²) >= 11 is 3.34. The van der Waals surface area contributed by atoms with E-state index in [1.165, 1.54) is 11.6 Å². The quantitative estimate of drug-likeness (QED) is 0.188. The van der Waals surface area contributed by atoms with E-state index in [-0.39, 0.29) is 47.2 Å². The molecular formula is C28H26BrN9O3. The molecule has 2 amide bonds. The van der Waals surface area contributed by atoms with Gasteiger partial charge in [-0.1, -0.05) is 25.1 Å². The second-order valence-electron chi connectivity index (χ2n) is 10.6. The lowest BCUT2D eigenvalue weighted by atomic mass is 9.73. The Morgan fingerprint density at radius 2 is 1.93 bits per heavy atom. The van der Waals surface area contributed by atoms with E-state index in [2.05, 4.69) is 46.3 Å². The highest BCUT2D eigenvalue weighted by atomic mass is 79.9. The average molecular weight is 616 g/mol. The van der Waals surface area contributed by atoms with E-state index < -0.39 is 6.04 Å². The fourth-order valence-corrected chi connectivity index (χ4v) is 5.80. The number of nitrogens with one attached hydrogen (secondary N) is 1. The van der Waals surface area contributed by atoms with Crippen LogP contribution >= 0.6 is 15.9 Å². The van der Waals surface area contributed by atoms with E-state index in [0.29, 0.717) is 39.0 Å². The van der Waals surface area contributed by atoms with Crippen molar-refractivity contribution in [2.24, 2.45) is 5.41 Å². The molecule has 12 nitrogen and oxygen atoms in total. The number of hydrogen-bond acceptors (Lipinski definition) is 9. The van der Waals surface area contributed by atoms with Crippen molar-refractivity contribution >= 4 is 56.2 Å². The van der Waals surface area contributed by atoms with Crippen LogP contribution in [0.4, 0.5) is 11.8 Å². The molecule has 1 saturated heterocycles. The number of Topliss-reactive ketones (excluding diaryl/α,β-unsaturated/α-hetero) is 1. The molecule has 41 heavy (non-hydrogen) atoms. The van der Waals surface area contributed by atoms with E-state index in [4.69, 9.17) is 5.73 Å². The van der Waals surface area contributed by atoms with Gasteiger partial charge in [-0.05, 0) is 47.0 Å². The first kappa shape index (κ1) is 26.7. The number of nitrogen functional groups attached to an aromatic ring is 1. The molecular weight excluding hydrogens is 590 g/mol. The van der Waals surface area contributed by atoms with E-state index >= 15 is 0 Å². The number of rotatable bonds is 6. The topological polar surface area (TPSA) is 162 Å². The van der Waals surface area contributed by atoms with Crippen molar-refractivity contribution in [3.05, 3.63) is 64.8 Å². The van der Waals surface area contributed by atoms with Crippen LogP contribution in [0.1, 0.15) is 36.3 Å². The monoisotopic (exact) mass is 615 g/mol. The lowest BCUT2D eigenvalue weighted by Crippen LogP contribution is -2.50. The molecule has 4 aromatic rings. The third kappa shape index (κ3) is 4.65. The Morgan fingerprint density at radius 3 is 2.61 bits per heavy atom. The van der Waals surface area contributed by atoms with Gasteiger partial charge in [0.05, 0.1) is 23.4 Å². The maximum absolute atomic E-state index is 13.9. The lowest BCUT2D eigenvalue weighted by Gasteiger charge is -2.38. The summed E-state index contributed by atoms with van der Waals surface area (Å²) in [5, 5.41) is 7.94. The van der Waals surface area contributed by atoms with Crippen LogP contribution in [0, 0.1) is 12.3 Å². The van der Waals surface area contributed by atoms with E-state index in [1.807, 2.05) is 32.1 Å². The van der Waals surface area contributed by atoms with Gasteiger partial charge in [0.2, 0.25) is 17.8 Å². The molecule has 5 heterocycles. The van der Waals surface area contributed by atoms with Gasteiger partial charge in [0.1, 0.15) is 28.7 Å². The van der Waals surface area contributed by atoms with Gasteiger partial charge in [-0.2, -0.15) is 5.10 Å². The smallest absolute Gasteiger partial charge is 0.248 e. The number of aryl methyl sites for hydroxylation is 1. The van der Waals surface area contributed by atoms with E-state index in [0.717, 1.165) is 5.56 Å². The number of likely N-dealkylation sites (tertiary alicyclic amines) is 1. The van der Waals surface area contributed by atoms with Crippen molar-refractivity contribution in [1.29, 1.82) is 0 Å². The number of carbonyl (C=O) groups is 3. The number of hydrogen-bond donors (Lipinski definition) is 2. The van der Waals surface area contributed by atoms with Crippen LogP contribution in [-0.2, 0) is 16.1 Å². The van der Waals surface area contributed by atoms with Crippen LogP contribution in [-0.4, -0.2) is 64.3 Å². The SMILES string of the molecule is CC(=O)c1nn(CC(=O)N2[C@H](C(=O)Nc3nc(Br)ccc3C)C[C@@]3(C)C=C[C@@H]23)c2cnc(-c3cnc(N)nc3)cc12. The highest BCUT2D eigenvalue weighted by Gasteiger charge is 2.55. The summed E-state index contributed by atoms with van der Waals surface area (Å²) in [7, 11) is 0.